The van der Waals surface area contributed by atoms with Gasteiger partial charge in [-0.1, -0.05) is 30.3 Å². The molecular weight excluding hydrogens is 412 g/mol. The van der Waals surface area contributed by atoms with Crippen molar-refractivity contribution in [1.82, 2.24) is 10.2 Å². The standard InChI is InChI=1S/C24H28N2O6/c1-4-31-24(29)22-16(2)26(21(27)14-19(22)17-8-6-5-7-9-17)15-18-10-11-20(32-18)23(28)25-12-13-30-3/h5-11,19H,4,12-15H2,1-3H3,(H,25,28). The smallest absolute Gasteiger partial charge is 0.336 e. The van der Waals surface area contributed by atoms with Crippen LogP contribution in [0.15, 0.2) is 58.2 Å². The molecule has 1 aromatic carbocycles. The summed E-state index contributed by atoms with van der Waals surface area (Å²) >= 11 is 0. The van der Waals surface area contributed by atoms with Crippen molar-refractivity contribution in [2.75, 3.05) is 26.9 Å². The molecule has 0 fully saturated rings. The summed E-state index contributed by atoms with van der Waals surface area (Å²) in [5, 5.41) is 2.69. The van der Waals surface area contributed by atoms with Gasteiger partial charge in [-0.15, -0.1) is 0 Å². The topological polar surface area (TPSA) is 98.1 Å². The normalized spacial score (nSPS) is 16.3. The molecule has 8 nitrogen and oxygen atoms in total. The molecule has 0 aliphatic carbocycles. The molecular formula is C24H28N2O6. The Hall–Kier alpha value is -3.39. The summed E-state index contributed by atoms with van der Waals surface area (Å²) < 4.78 is 15.9. The summed E-state index contributed by atoms with van der Waals surface area (Å²) in [5.74, 6) is -0.716. The molecule has 0 saturated heterocycles. The minimum atomic E-state index is -0.436. The van der Waals surface area contributed by atoms with Gasteiger partial charge in [-0.2, -0.15) is 0 Å². The Morgan fingerprint density at radius 2 is 1.94 bits per heavy atom. The number of carbonyl (C=O) groups is 3. The van der Waals surface area contributed by atoms with Gasteiger partial charge in [0.2, 0.25) is 5.91 Å². The molecule has 0 spiro atoms. The third-order valence-electron chi connectivity index (χ3n) is 5.31. The van der Waals surface area contributed by atoms with Gasteiger partial charge in [-0.25, -0.2) is 4.79 Å². The van der Waals surface area contributed by atoms with Crippen molar-refractivity contribution >= 4 is 17.8 Å². The van der Waals surface area contributed by atoms with Gasteiger partial charge in [0.15, 0.2) is 5.76 Å². The largest absolute Gasteiger partial charge is 0.463 e. The zero-order chi connectivity index (χ0) is 23.1. The van der Waals surface area contributed by atoms with Crippen LogP contribution in [0.1, 0.15) is 48.1 Å². The number of nitrogens with zero attached hydrogens (tertiary/aromatic N) is 1. The number of carbonyl (C=O) groups excluding carboxylic acids is 3. The highest BCUT2D eigenvalue weighted by Crippen LogP contribution is 2.37. The quantitative estimate of drug-likeness (QED) is 0.476. The number of esters is 1. The van der Waals surface area contributed by atoms with Crippen LogP contribution in [0.2, 0.25) is 0 Å². The van der Waals surface area contributed by atoms with Crippen LogP contribution in [0.5, 0.6) is 0 Å². The monoisotopic (exact) mass is 440 g/mol. The van der Waals surface area contributed by atoms with Gasteiger partial charge in [-0.05, 0) is 31.5 Å². The molecule has 0 bridgehead atoms. The Kier molecular flexibility index (Phi) is 7.83. The maximum atomic E-state index is 13.0. The van der Waals surface area contributed by atoms with Crippen LogP contribution in [0.4, 0.5) is 0 Å². The van der Waals surface area contributed by atoms with Gasteiger partial charge >= 0.3 is 5.97 Å². The Balaban J connectivity index is 1.85. The van der Waals surface area contributed by atoms with Crippen molar-refractivity contribution < 1.29 is 28.3 Å². The first-order chi connectivity index (χ1) is 15.5. The van der Waals surface area contributed by atoms with E-state index < -0.39 is 5.97 Å². The molecule has 2 aromatic rings. The lowest BCUT2D eigenvalue weighted by Crippen LogP contribution is -2.38. The van der Waals surface area contributed by atoms with Crippen molar-refractivity contribution in [3.8, 4) is 0 Å². The Bertz CT molecular complexity index is 995. The zero-order valence-corrected chi connectivity index (χ0v) is 18.6. The van der Waals surface area contributed by atoms with E-state index in [2.05, 4.69) is 5.32 Å². The van der Waals surface area contributed by atoms with Gasteiger partial charge in [0, 0.05) is 31.7 Å². The van der Waals surface area contributed by atoms with Crippen LogP contribution in [0, 0.1) is 0 Å². The average Bonchev–Trinajstić information content (AvgIpc) is 3.26. The van der Waals surface area contributed by atoms with Crippen molar-refractivity contribution in [2.45, 2.75) is 32.7 Å². The SMILES string of the molecule is CCOC(=O)C1=C(C)N(Cc2ccc(C(=O)NCCOC)o2)C(=O)CC1c1ccccc1. The number of allylic oxidation sites excluding steroid dienone is 1. The second-order valence-corrected chi connectivity index (χ2v) is 7.38. The summed E-state index contributed by atoms with van der Waals surface area (Å²) in [6.45, 7) is 4.59. The number of methoxy groups -OCH3 is 1. The van der Waals surface area contributed by atoms with Crippen molar-refractivity contribution in [2.24, 2.45) is 0 Å². The first-order valence-corrected chi connectivity index (χ1v) is 10.5. The lowest BCUT2D eigenvalue weighted by Gasteiger charge is -2.34. The summed E-state index contributed by atoms with van der Waals surface area (Å²) in [5.41, 5.74) is 1.87. The molecule has 1 N–H and O–H groups in total. The molecule has 2 heterocycles. The third-order valence-corrected chi connectivity index (χ3v) is 5.31. The number of furan rings is 1. The first kappa shape index (κ1) is 23.3. The van der Waals surface area contributed by atoms with Crippen molar-refractivity contribution in [1.29, 1.82) is 0 Å². The Morgan fingerprint density at radius 1 is 1.19 bits per heavy atom. The van der Waals surface area contributed by atoms with E-state index in [1.807, 2.05) is 30.3 Å². The molecule has 1 aliphatic rings. The van der Waals surface area contributed by atoms with Gasteiger partial charge in [0.25, 0.3) is 5.91 Å². The maximum Gasteiger partial charge on any atom is 0.336 e. The van der Waals surface area contributed by atoms with Crippen LogP contribution >= 0.6 is 0 Å². The van der Waals surface area contributed by atoms with Gasteiger partial charge in [-0.3, -0.25) is 9.59 Å². The van der Waals surface area contributed by atoms with Crippen LogP contribution in [-0.2, 0) is 25.6 Å². The molecule has 8 heteroatoms. The predicted molar refractivity (Wildman–Crippen MR) is 117 cm³/mol. The number of benzene rings is 1. The molecule has 1 aliphatic heterocycles. The second kappa shape index (κ2) is 10.8. The van der Waals surface area contributed by atoms with Gasteiger partial charge in [0.1, 0.15) is 5.76 Å². The summed E-state index contributed by atoms with van der Waals surface area (Å²) in [6.07, 6.45) is 0.139. The summed E-state index contributed by atoms with van der Waals surface area (Å²) in [7, 11) is 1.55. The predicted octanol–water partition coefficient (Wildman–Crippen LogP) is 3.01. The number of hydrogen-bond acceptors (Lipinski definition) is 6. The van der Waals surface area contributed by atoms with E-state index in [-0.39, 0.29) is 43.1 Å². The maximum absolute atomic E-state index is 13.0. The van der Waals surface area contributed by atoms with E-state index in [1.165, 1.54) is 4.90 Å². The lowest BCUT2D eigenvalue weighted by atomic mass is 9.83. The molecule has 0 radical (unpaired) electrons. The van der Waals surface area contributed by atoms with E-state index in [1.54, 1.807) is 33.1 Å². The third kappa shape index (κ3) is 5.26. The first-order valence-electron chi connectivity index (χ1n) is 10.5. The van der Waals surface area contributed by atoms with E-state index in [4.69, 9.17) is 13.9 Å². The molecule has 3 rings (SSSR count). The van der Waals surface area contributed by atoms with E-state index >= 15 is 0 Å². The van der Waals surface area contributed by atoms with Crippen molar-refractivity contribution in [3.05, 3.63) is 70.8 Å². The molecule has 0 saturated carbocycles. The number of ether oxygens (including phenoxy) is 2. The van der Waals surface area contributed by atoms with Crippen LogP contribution in [0.3, 0.4) is 0 Å². The second-order valence-electron chi connectivity index (χ2n) is 7.38. The number of amides is 2. The van der Waals surface area contributed by atoms with E-state index in [0.29, 0.717) is 30.2 Å². The zero-order valence-electron chi connectivity index (χ0n) is 18.6. The number of nitrogens with one attached hydrogen (secondary N) is 1. The molecule has 1 atom stereocenters. The van der Waals surface area contributed by atoms with Crippen LogP contribution in [-0.4, -0.2) is 49.6 Å². The minimum Gasteiger partial charge on any atom is -0.463 e. The van der Waals surface area contributed by atoms with E-state index in [0.717, 1.165) is 5.56 Å². The van der Waals surface area contributed by atoms with Crippen LogP contribution in [0.25, 0.3) is 0 Å². The summed E-state index contributed by atoms with van der Waals surface area (Å²) in [6, 6.07) is 12.7. The Labute approximate surface area is 187 Å². The highest BCUT2D eigenvalue weighted by atomic mass is 16.5. The molecule has 2 amide bonds. The average molecular weight is 440 g/mol. The minimum absolute atomic E-state index is 0.112. The fraction of sp³-hybridized carbons (Fsp3) is 0.375. The molecule has 1 unspecified atom stereocenters. The highest BCUT2D eigenvalue weighted by molar-refractivity contribution is 5.96. The van der Waals surface area contributed by atoms with Crippen LogP contribution < -0.4 is 5.32 Å². The van der Waals surface area contributed by atoms with Crippen molar-refractivity contribution in [3.63, 3.8) is 0 Å². The fourth-order valence-corrected chi connectivity index (χ4v) is 3.74. The number of rotatable bonds is 9. The highest BCUT2D eigenvalue weighted by Gasteiger charge is 2.37. The summed E-state index contributed by atoms with van der Waals surface area (Å²) in [4.78, 5) is 39.5. The van der Waals surface area contributed by atoms with E-state index in [9.17, 15) is 14.4 Å². The Morgan fingerprint density at radius 3 is 2.62 bits per heavy atom. The molecule has 170 valence electrons. The molecule has 1 aromatic heterocycles. The van der Waals surface area contributed by atoms with Gasteiger partial charge < -0.3 is 24.1 Å². The fourth-order valence-electron chi connectivity index (χ4n) is 3.74. The van der Waals surface area contributed by atoms with Gasteiger partial charge in [0.05, 0.1) is 25.3 Å². The lowest BCUT2D eigenvalue weighted by molar-refractivity contribution is -0.140. The molecule has 32 heavy (non-hydrogen) atoms. The number of hydrogen-bond donors (Lipinski definition) is 1.